The molecule has 0 unspecified atom stereocenters. The average Bonchev–Trinajstić information content (AvgIpc) is 3.24. The zero-order chi connectivity index (χ0) is 46.5. The number of aliphatic hydroxyl groups is 7. The maximum Gasteiger partial charge on any atom is 0.308 e. The lowest BCUT2D eigenvalue weighted by Crippen LogP contribution is -2.65. The third kappa shape index (κ3) is 18.9. The van der Waals surface area contributed by atoms with Crippen molar-refractivity contribution in [2.45, 2.75) is 280 Å². The van der Waals surface area contributed by atoms with Crippen LogP contribution >= 0.6 is 0 Å². The lowest BCUT2D eigenvalue weighted by Gasteiger charge is -2.48. The highest BCUT2D eigenvalue weighted by molar-refractivity contribution is 5.72. The molecular formula is C46H84O17. The van der Waals surface area contributed by atoms with E-state index in [1.54, 1.807) is 0 Å². The third-order valence-corrected chi connectivity index (χ3v) is 12.6. The Bertz CT molecular complexity index is 1250. The molecule has 3 heterocycles. The first kappa shape index (κ1) is 55.7. The summed E-state index contributed by atoms with van der Waals surface area (Å²) in [5.74, 6) is -1.72. The monoisotopic (exact) mass is 909 g/mol. The first-order chi connectivity index (χ1) is 30.1. The van der Waals surface area contributed by atoms with E-state index in [-0.39, 0.29) is 12.8 Å². The second kappa shape index (κ2) is 29.9. The number of carboxylic acid groups (broad SMARTS) is 1. The largest absolute Gasteiger partial charge is 0.481 e. The number of unbranched alkanes of at least 4 members (excludes halogenated alkanes) is 16. The number of ether oxygens (including phenoxy) is 7. The fraction of sp³-hybridized carbons (Fsp3) is 0.957. The average molecular weight is 909 g/mol. The van der Waals surface area contributed by atoms with Crippen molar-refractivity contribution in [2.75, 3.05) is 0 Å². The molecule has 0 spiro atoms. The minimum absolute atomic E-state index is 0.263. The van der Waals surface area contributed by atoms with Crippen LogP contribution in [0.5, 0.6) is 0 Å². The number of esters is 1. The topological polar surface area (TPSA) is 261 Å². The molecule has 370 valence electrons. The van der Waals surface area contributed by atoms with Gasteiger partial charge in [0.2, 0.25) is 0 Å². The van der Waals surface area contributed by atoms with Crippen LogP contribution in [0.1, 0.15) is 176 Å². The second-order valence-electron chi connectivity index (χ2n) is 18.2. The number of hydrogen-bond donors (Lipinski definition) is 8. The van der Waals surface area contributed by atoms with Crippen molar-refractivity contribution in [2.24, 2.45) is 0 Å². The number of aliphatic hydroxyl groups excluding tert-OH is 7. The van der Waals surface area contributed by atoms with Crippen LogP contribution in [-0.2, 0) is 42.7 Å². The summed E-state index contributed by atoms with van der Waals surface area (Å²) in [7, 11) is 0. The van der Waals surface area contributed by atoms with Crippen LogP contribution in [0.25, 0.3) is 0 Å². The number of carbonyl (C=O) groups is 2. The van der Waals surface area contributed by atoms with Crippen molar-refractivity contribution in [3.8, 4) is 0 Å². The van der Waals surface area contributed by atoms with Gasteiger partial charge in [-0.2, -0.15) is 0 Å². The van der Waals surface area contributed by atoms with E-state index < -0.39 is 116 Å². The molecule has 0 radical (unpaired) electrons. The fourth-order valence-corrected chi connectivity index (χ4v) is 8.54. The summed E-state index contributed by atoms with van der Waals surface area (Å²) in [5, 5.41) is 85.3. The summed E-state index contributed by atoms with van der Waals surface area (Å²) in [5.41, 5.74) is 0. The van der Waals surface area contributed by atoms with Gasteiger partial charge in [0.15, 0.2) is 18.9 Å². The normalized spacial score (nSPS) is 34.7. The molecule has 0 bridgehead atoms. The molecule has 3 aliphatic heterocycles. The quantitative estimate of drug-likeness (QED) is 0.0351. The number of carboxylic acids is 1. The van der Waals surface area contributed by atoms with Gasteiger partial charge in [-0.1, -0.05) is 123 Å². The molecule has 0 amide bonds. The third-order valence-electron chi connectivity index (χ3n) is 12.6. The molecule has 0 aliphatic carbocycles. The van der Waals surface area contributed by atoms with E-state index in [0.29, 0.717) is 19.3 Å². The van der Waals surface area contributed by atoms with Crippen LogP contribution in [0.2, 0.25) is 0 Å². The Morgan fingerprint density at radius 1 is 0.460 bits per heavy atom. The van der Waals surface area contributed by atoms with Crippen LogP contribution in [0, 0.1) is 0 Å². The van der Waals surface area contributed by atoms with Crippen LogP contribution in [0.4, 0.5) is 0 Å². The minimum Gasteiger partial charge on any atom is -0.481 e. The Hall–Kier alpha value is -1.58. The van der Waals surface area contributed by atoms with Gasteiger partial charge in [0.25, 0.3) is 0 Å². The highest BCUT2D eigenvalue weighted by Crippen LogP contribution is 2.34. The Labute approximate surface area is 375 Å². The lowest BCUT2D eigenvalue weighted by atomic mass is 9.97. The molecule has 17 atom stereocenters. The number of carbonyl (C=O) groups excluding carboxylic acids is 1. The summed E-state index contributed by atoms with van der Waals surface area (Å²) in [4.78, 5) is 25.4. The fourth-order valence-electron chi connectivity index (χ4n) is 8.54. The SMILES string of the molecule is CCCCCCCCCCC[C@H](CC(=O)O)OC(=O)C[C@@H](CCCCCCCCCCC)O[C@@H]1O[C@@H](C)[C@H](O)[C@@H](O)[C@H]1O[C@@H]1O[C@@H](C)[C@H](O)[C@@H](O)[C@H]1O[C@@H]1O[C@@H](C)[C@H](O)[C@@H](O)[C@H]1O. The highest BCUT2D eigenvalue weighted by Gasteiger charge is 2.53. The Kier molecular flexibility index (Phi) is 26.5. The molecule has 63 heavy (non-hydrogen) atoms. The van der Waals surface area contributed by atoms with Crippen molar-refractivity contribution in [1.29, 1.82) is 0 Å². The van der Waals surface area contributed by atoms with Crippen LogP contribution < -0.4 is 0 Å². The maximum absolute atomic E-state index is 13.6. The van der Waals surface area contributed by atoms with Crippen molar-refractivity contribution in [1.82, 2.24) is 0 Å². The van der Waals surface area contributed by atoms with Gasteiger partial charge in [0, 0.05) is 0 Å². The van der Waals surface area contributed by atoms with Gasteiger partial charge >= 0.3 is 11.9 Å². The van der Waals surface area contributed by atoms with Gasteiger partial charge < -0.3 is 74.0 Å². The molecule has 17 heteroatoms. The Balaban J connectivity index is 1.77. The summed E-state index contributed by atoms with van der Waals surface area (Å²) in [6.45, 7) is 8.81. The van der Waals surface area contributed by atoms with E-state index in [1.165, 1.54) is 78.6 Å². The van der Waals surface area contributed by atoms with Crippen molar-refractivity contribution >= 4 is 11.9 Å². The predicted octanol–water partition coefficient (Wildman–Crippen LogP) is 4.52. The molecule has 8 N–H and O–H groups in total. The van der Waals surface area contributed by atoms with Gasteiger partial charge in [-0.25, -0.2) is 0 Å². The summed E-state index contributed by atoms with van der Waals surface area (Å²) in [6, 6.07) is 0. The van der Waals surface area contributed by atoms with E-state index in [4.69, 9.17) is 33.2 Å². The first-order valence-corrected chi connectivity index (χ1v) is 24.2. The number of aliphatic carboxylic acids is 1. The van der Waals surface area contributed by atoms with Crippen molar-refractivity contribution in [3.05, 3.63) is 0 Å². The van der Waals surface area contributed by atoms with E-state index in [0.717, 1.165) is 51.4 Å². The van der Waals surface area contributed by atoms with Gasteiger partial charge in [-0.15, -0.1) is 0 Å². The van der Waals surface area contributed by atoms with E-state index in [2.05, 4.69) is 13.8 Å². The molecule has 3 fully saturated rings. The van der Waals surface area contributed by atoms with Gasteiger partial charge in [-0.3, -0.25) is 9.59 Å². The van der Waals surface area contributed by atoms with Gasteiger partial charge in [0.1, 0.15) is 61.0 Å². The van der Waals surface area contributed by atoms with Crippen LogP contribution in [0.3, 0.4) is 0 Å². The zero-order valence-corrected chi connectivity index (χ0v) is 38.6. The van der Waals surface area contributed by atoms with E-state index in [9.17, 15) is 50.4 Å². The van der Waals surface area contributed by atoms with E-state index in [1.807, 2.05) is 0 Å². The molecule has 3 aliphatic rings. The molecule has 0 aromatic heterocycles. The highest BCUT2D eigenvalue weighted by atomic mass is 16.8. The Morgan fingerprint density at radius 3 is 1.32 bits per heavy atom. The van der Waals surface area contributed by atoms with Crippen LogP contribution in [0.15, 0.2) is 0 Å². The smallest absolute Gasteiger partial charge is 0.308 e. The lowest BCUT2D eigenvalue weighted by molar-refractivity contribution is -0.391. The number of rotatable bonds is 31. The molecule has 0 aromatic rings. The summed E-state index contributed by atoms with van der Waals surface area (Å²) >= 11 is 0. The van der Waals surface area contributed by atoms with Gasteiger partial charge in [-0.05, 0) is 40.0 Å². The first-order valence-electron chi connectivity index (χ1n) is 24.2. The second-order valence-corrected chi connectivity index (χ2v) is 18.2. The molecule has 3 rings (SSSR count). The Morgan fingerprint density at radius 2 is 0.841 bits per heavy atom. The molecule has 3 saturated heterocycles. The van der Waals surface area contributed by atoms with Crippen LogP contribution in [-0.4, -0.2) is 157 Å². The maximum atomic E-state index is 13.6. The van der Waals surface area contributed by atoms with Crippen molar-refractivity contribution in [3.63, 3.8) is 0 Å². The molecular weight excluding hydrogens is 824 g/mol. The van der Waals surface area contributed by atoms with E-state index >= 15 is 0 Å². The van der Waals surface area contributed by atoms with Crippen molar-refractivity contribution < 1.29 is 83.6 Å². The molecule has 0 aromatic carbocycles. The summed E-state index contributed by atoms with van der Waals surface area (Å²) in [6.07, 6.45) is -4.21. The molecule has 0 saturated carbocycles. The molecule has 17 nitrogen and oxygen atoms in total. The number of hydrogen-bond acceptors (Lipinski definition) is 16. The minimum atomic E-state index is -1.77. The summed E-state index contributed by atoms with van der Waals surface area (Å²) < 4.78 is 41.9. The zero-order valence-electron chi connectivity index (χ0n) is 38.6. The van der Waals surface area contributed by atoms with Gasteiger partial charge in [0.05, 0.1) is 37.3 Å². The predicted molar refractivity (Wildman–Crippen MR) is 230 cm³/mol. The standard InChI is InChI=1S/C46H84O17/c1-6-8-10-12-14-16-18-20-22-24-31(26-33(47)48)60-34(49)27-32(25-23-21-19-17-15-13-11-9-7-2)61-45-42(39(54)36(51)29(4)58-45)63-46-43(40(55)37(52)30(5)59-46)62-44-41(56)38(53)35(50)28(3)57-44/h28-32,35-46,50-56H,6-27H2,1-5H3,(H,47,48)/t28-,29-,30-,31+,32+,35-,36-,37-,38+,39+,40+,41+,42+,43+,44-,45-,46-/m0/s1.